The van der Waals surface area contributed by atoms with Crippen LogP contribution in [0.5, 0.6) is 0 Å². The topological polar surface area (TPSA) is 29.5 Å². The molecule has 2 aromatic carbocycles. The number of rotatable bonds is 4. The average Bonchev–Trinajstić information content (AvgIpc) is 2.62. The van der Waals surface area contributed by atoms with Crippen molar-refractivity contribution in [3.05, 3.63) is 71.5 Å². The summed E-state index contributed by atoms with van der Waals surface area (Å²) in [6, 6.07) is 16.3. The standard InChI is InChI=1S/C19H20FNO2/c20-17-9-6-15(7-10-17)8-11-19(22)21-12-13-23-18(14-21)16-4-2-1-3-5-16/h1-7,9-10,18H,8,11-14H2. The van der Waals surface area contributed by atoms with Gasteiger partial charge in [-0.25, -0.2) is 4.39 Å². The summed E-state index contributed by atoms with van der Waals surface area (Å²) in [6.45, 7) is 1.78. The molecule has 0 saturated carbocycles. The number of nitrogens with zero attached hydrogens (tertiary/aromatic N) is 1. The normalized spacial score (nSPS) is 18.0. The Kier molecular flexibility index (Phi) is 5.03. The van der Waals surface area contributed by atoms with E-state index in [-0.39, 0.29) is 17.8 Å². The predicted molar refractivity (Wildman–Crippen MR) is 86.4 cm³/mol. The third-order valence-electron chi connectivity index (χ3n) is 4.13. The second-order valence-electron chi connectivity index (χ2n) is 5.74. The summed E-state index contributed by atoms with van der Waals surface area (Å²) in [5.74, 6) is -0.127. The van der Waals surface area contributed by atoms with Crippen molar-refractivity contribution in [1.82, 2.24) is 4.90 Å². The number of carbonyl (C=O) groups excluding carboxylic acids is 1. The fourth-order valence-electron chi connectivity index (χ4n) is 2.81. The first-order valence-corrected chi connectivity index (χ1v) is 7.91. The van der Waals surface area contributed by atoms with Crippen molar-refractivity contribution in [2.45, 2.75) is 18.9 Å². The van der Waals surface area contributed by atoms with Gasteiger partial charge in [-0.3, -0.25) is 4.79 Å². The Labute approximate surface area is 135 Å². The molecule has 1 aliphatic heterocycles. The maximum atomic E-state index is 12.9. The molecule has 1 aliphatic rings. The Morgan fingerprint density at radius 2 is 1.87 bits per heavy atom. The van der Waals surface area contributed by atoms with E-state index in [1.165, 1.54) is 12.1 Å². The molecule has 0 radical (unpaired) electrons. The van der Waals surface area contributed by atoms with Gasteiger partial charge in [0.25, 0.3) is 0 Å². The first kappa shape index (κ1) is 15.7. The van der Waals surface area contributed by atoms with Crippen molar-refractivity contribution in [1.29, 1.82) is 0 Å². The van der Waals surface area contributed by atoms with Crippen LogP contribution in [0.25, 0.3) is 0 Å². The number of ether oxygens (including phenoxy) is 1. The van der Waals surface area contributed by atoms with Gasteiger partial charge in [0.1, 0.15) is 11.9 Å². The molecule has 0 aliphatic carbocycles. The fraction of sp³-hybridized carbons (Fsp3) is 0.316. The van der Waals surface area contributed by atoms with Crippen molar-refractivity contribution in [2.75, 3.05) is 19.7 Å². The number of halogens is 1. The van der Waals surface area contributed by atoms with Crippen molar-refractivity contribution >= 4 is 5.91 Å². The summed E-state index contributed by atoms with van der Waals surface area (Å²) in [6.07, 6.45) is 1.01. The number of benzene rings is 2. The average molecular weight is 313 g/mol. The molecule has 1 heterocycles. The quantitative estimate of drug-likeness (QED) is 0.866. The molecule has 120 valence electrons. The lowest BCUT2D eigenvalue weighted by Crippen LogP contribution is -2.42. The van der Waals surface area contributed by atoms with Crippen LogP contribution in [-0.2, 0) is 16.0 Å². The van der Waals surface area contributed by atoms with Gasteiger partial charge < -0.3 is 9.64 Å². The van der Waals surface area contributed by atoms with Gasteiger partial charge in [-0.1, -0.05) is 42.5 Å². The minimum Gasteiger partial charge on any atom is -0.370 e. The van der Waals surface area contributed by atoms with Crippen LogP contribution in [0.3, 0.4) is 0 Å². The minimum absolute atomic E-state index is 0.0558. The molecule has 0 bridgehead atoms. The highest BCUT2D eigenvalue weighted by atomic mass is 19.1. The lowest BCUT2D eigenvalue weighted by Gasteiger charge is -2.33. The van der Waals surface area contributed by atoms with Crippen LogP contribution in [0, 0.1) is 5.82 Å². The number of morpholine rings is 1. The Hall–Kier alpha value is -2.20. The van der Waals surface area contributed by atoms with Crippen molar-refractivity contribution in [2.24, 2.45) is 0 Å². The van der Waals surface area contributed by atoms with Crippen molar-refractivity contribution in [3.8, 4) is 0 Å². The van der Waals surface area contributed by atoms with Crippen LogP contribution in [0.2, 0.25) is 0 Å². The molecule has 1 fully saturated rings. The fourth-order valence-corrected chi connectivity index (χ4v) is 2.81. The molecule has 3 nitrogen and oxygen atoms in total. The van der Waals surface area contributed by atoms with Crippen molar-refractivity contribution < 1.29 is 13.9 Å². The molecule has 4 heteroatoms. The maximum Gasteiger partial charge on any atom is 0.223 e. The molecule has 1 amide bonds. The summed E-state index contributed by atoms with van der Waals surface area (Å²) in [7, 11) is 0. The molecule has 0 N–H and O–H groups in total. The molecule has 1 saturated heterocycles. The zero-order valence-corrected chi connectivity index (χ0v) is 13.0. The highest BCUT2D eigenvalue weighted by Crippen LogP contribution is 2.22. The second kappa shape index (κ2) is 7.38. The highest BCUT2D eigenvalue weighted by molar-refractivity contribution is 5.76. The number of hydrogen-bond acceptors (Lipinski definition) is 2. The van der Waals surface area contributed by atoms with Gasteiger partial charge in [0, 0.05) is 13.0 Å². The summed E-state index contributed by atoms with van der Waals surface area (Å²) in [5.41, 5.74) is 2.08. The molecular weight excluding hydrogens is 293 g/mol. The number of hydrogen-bond donors (Lipinski definition) is 0. The van der Waals surface area contributed by atoms with E-state index in [2.05, 4.69) is 0 Å². The van der Waals surface area contributed by atoms with Crippen LogP contribution in [0.4, 0.5) is 4.39 Å². The van der Waals surface area contributed by atoms with Gasteiger partial charge in [0.15, 0.2) is 0 Å². The Bertz CT molecular complexity index is 642. The van der Waals surface area contributed by atoms with Gasteiger partial charge in [0.2, 0.25) is 5.91 Å². The lowest BCUT2D eigenvalue weighted by atomic mass is 10.1. The van der Waals surface area contributed by atoms with Crippen LogP contribution >= 0.6 is 0 Å². The summed E-state index contributed by atoms with van der Waals surface area (Å²) >= 11 is 0. The SMILES string of the molecule is O=C(CCc1ccc(F)cc1)N1CCOC(c2ccccc2)C1. The molecule has 3 rings (SSSR count). The van der Waals surface area contributed by atoms with E-state index in [1.807, 2.05) is 35.2 Å². The zero-order valence-electron chi connectivity index (χ0n) is 13.0. The van der Waals surface area contributed by atoms with E-state index in [0.717, 1.165) is 11.1 Å². The predicted octanol–water partition coefficient (Wildman–Crippen LogP) is 3.36. The van der Waals surface area contributed by atoms with Crippen LogP contribution in [-0.4, -0.2) is 30.5 Å². The van der Waals surface area contributed by atoms with Crippen molar-refractivity contribution in [3.63, 3.8) is 0 Å². The molecule has 1 atom stereocenters. The van der Waals surface area contributed by atoms with Crippen LogP contribution in [0.15, 0.2) is 54.6 Å². The number of aryl methyl sites for hydroxylation is 1. The van der Waals surface area contributed by atoms with Crippen LogP contribution in [0.1, 0.15) is 23.7 Å². The van der Waals surface area contributed by atoms with E-state index in [0.29, 0.717) is 32.5 Å². The van der Waals surface area contributed by atoms with Gasteiger partial charge in [0.05, 0.1) is 13.2 Å². The number of amides is 1. The maximum absolute atomic E-state index is 12.9. The summed E-state index contributed by atoms with van der Waals surface area (Å²) < 4.78 is 18.7. The van der Waals surface area contributed by atoms with Crippen LogP contribution < -0.4 is 0 Å². The van der Waals surface area contributed by atoms with Gasteiger partial charge >= 0.3 is 0 Å². The van der Waals surface area contributed by atoms with E-state index in [4.69, 9.17) is 4.74 Å². The molecule has 2 aromatic rings. The molecule has 23 heavy (non-hydrogen) atoms. The smallest absolute Gasteiger partial charge is 0.223 e. The van der Waals surface area contributed by atoms with E-state index < -0.39 is 0 Å². The Morgan fingerprint density at radius 1 is 1.13 bits per heavy atom. The van der Waals surface area contributed by atoms with E-state index in [1.54, 1.807) is 12.1 Å². The third kappa shape index (κ3) is 4.17. The summed E-state index contributed by atoms with van der Waals surface area (Å²) in [5, 5.41) is 0. The summed E-state index contributed by atoms with van der Waals surface area (Å²) in [4.78, 5) is 14.3. The molecule has 0 aromatic heterocycles. The van der Waals surface area contributed by atoms with E-state index >= 15 is 0 Å². The number of carbonyl (C=O) groups is 1. The first-order valence-electron chi connectivity index (χ1n) is 7.91. The largest absolute Gasteiger partial charge is 0.370 e. The molecular formula is C19H20FNO2. The monoisotopic (exact) mass is 313 g/mol. The lowest BCUT2D eigenvalue weighted by molar-refractivity contribution is -0.139. The minimum atomic E-state index is -0.251. The van der Waals surface area contributed by atoms with Gasteiger partial charge in [-0.05, 0) is 29.7 Å². The van der Waals surface area contributed by atoms with Gasteiger partial charge in [-0.2, -0.15) is 0 Å². The second-order valence-corrected chi connectivity index (χ2v) is 5.74. The first-order chi connectivity index (χ1) is 11.2. The molecule has 1 unspecified atom stereocenters. The highest BCUT2D eigenvalue weighted by Gasteiger charge is 2.24. The third-order valence-corrected chi connectivity index (χ3v) is 4.13. The van der Waals surface area contributed by atoms with Gasteiger partial charge in [-0.15, -0.1) is 0 Å². The zero-order chi connectivity index (χ0) is 16.1. The van der Waals surface area contributed by atoms with E-state index in [9.17, 15) is 9.18 Å². The molecule has 0 spiro atoms. The Balaban J connectivity index is 1.55. The Morgan fingerprint density at radius 3 is 2.61 bits per heavy atom.